The largest absolute Gasteiger partial charge is 0.467 e. The number of aromatic nitrogens is 5. The number of ether oxygens (including phenoxy) is 1. The Bertz CT molecular complexity index is 949. The summed E-state index contributed by atoms with van der Waals surface area (Å²) in [6.07, 6.45) is 1.27. The third kappa shape index (κ3) is 2.57. The zero-order valence-electron chi connectivity index (χ0n) is 12.3. The summed E-state index contributed by atoms with van der Waals surface area (Å²) in [5.41, 5.74) is 0.501. The van der Waals surface area contributed by atoms with Crippen LogP contribution in [0.3, 0.4) is 0 Å². The summed E-state index contributed by atoms with van der Waals surface area (Å²) in [6.45, 7) is 1.54. The molecule has 0 aliphatic carbocycles. The number of fused-ring (bicyclic) bond motifs is 1. The molecule has 3 rings (SSSR count). The van der Waals surface area contributed by atoms with Gasteiger partial charge in [0.1, 0.15) is 12.4 Å². The van der Waals surface area contributed by atoms with Crippen molar-refractivity contribution in [3.8, 4) is 5.69 Å². The van der Waals surface area contributed by atoms with Crippen LogP contribution in [0.25, 0.3) is 16.9 Å². The fourth-order valence-electron chi connectivity index (χ4n) is 2.16. The van der Waals surface area contributed by atoms with Gasteiger partial charge in [-0.15, -0.1) is 5.10 Å². The molecule has 0 unspecified atom stereocenters. The number of hydrogen-bond acceptors (Lipinski definition) is 6. The first-order valence-electron chi connectivity index (χ1n) is 6.69. The van der Waals surface area contributed by atoms with E-state index in [0.29, 0.717) is 10.7 Å². The molecule has 118 valence electrons. The molecule has 8 nitrogen and oxygen atoms in total. The van der Waals surface area contributed by atoms with E-state index in [1.54, 1.807) is 31.2 Å². The fourth-order valence-corrected chi connectivity index (χ4v) is 2.35. The lowest BCUT2D eigenvalue weighted by atomic mass is 10.3. The smallest absolute Gasteiger partial charge is 0.328 e. The molecule has 0 fully saturated rings. The van der Waals surface area contributed by atoms with Gasteiger partial charge in [0.15, 0.2) is 11.2 Å². The average Bonchev–Trinajstić information content (AvgIpc) is 2.99. The lowest BCUT2D eigenvalue weighted by Gasteiger charge is -2.11. The van der Waals surface area contributed by atoms with Crippen LogP contribution in [0.2, 0.25) is 5.02 Å². The van der Waals surface area contributed by atoms with E-state index in [0.717, 1.165) is 4.57 Å². The predicted molar refractivity (Wildman–Crippen MR) is 82.7 cm³/mol. The summed E-state index contributed by atoms with van der Waals surface area (Å²) in [5.74, 6) is -0.546. The van der Waals surface area contributed by atoms with Crippen molar-refractivity contribution in [2.24, 2.45) is 0 Å². The molecule has 0 amide bonds. The molecule has 2 aromatic heterocycles. The van der Waals surface area contributed by atoms with E-state index in [1.165, 1.54) is 18.1 Å². The molecule has 0 N–H and O–H groups in total. The summed E-state index contributed by atoms with van der Waals surface area (Å²) in [7, 11) is 1.26. The first-order valence-corrected chi connectivity index (χ1v) is 7.07. The molecule has 0 radical (unpaired) electrons. The summed E-state index contributed by atoms with van der Waals surface area (Å²) < 4.78 is 7.21. The number of carbonyl (C=O) groups excluding carboxylic acids is 1. The minimum atomic E-state index is -0.805. The van der Waals surface area contributed by atoms with Gasteiger partial charge in [0.2, 0.25) is 0 Å². The minimum Gasteiger partial charge on any atom is -0.467 e. The van der Waals surface area contributed by atoms with Crippen LogP contribution in [-0.4, -0.2) is 37.6 Å². The van der Waals surface area contributed by atoms with Gasteiger partial charge in [-0.25, -0.2) is 9.78 Å². The molecule has 0 bridgehead atoms. The van der Waals surface area contributed by atoms with Crippen molar-refractivity contribution in [1.29, 1.82) is 0 Å². The molecule has 2 heterocycles. The van der Waals surface area contributed by atoms with Crippen LogP contribution < -0.4 is 5.56 Å². The molecule has 0 spiro atoms. The summed E-state index contributed by atoms with van der Waals surface area (Å²) in [4.78, 5) is 28.3. The highest BCUT2D eigenvalue weighted by molar-refractivity contribution is 6.30. The third-order valence-corrected chi connectivity index (χ3v) is 3.64. The first kappa shape index (κ1) is 15.2. The van der Waals surface area contributed by atoms with Gasteiger partial charge in [-0.2, -0.15) is 4.68 Å². The predicted octanol–water partition coefficient (Wildman–Crippen LogP) is 1.36. The zero-order valence-corrected chi connectivity index (χ0v) is 13.1. The molecule has 1 atom stereocenters. The molecule has 0 aliphatic rings. The average molecular weight is 334 g/mol. The second-order valence-corrected chi connectivity index (χ2v) is 5.25. The highest BCUT2D eigenvalue weighted by Crippen LogP contribution is 2.17. The Balaban J connectivity index is 2.15. The molecule has 0 saturated carbocycles. The van der Waals surface area contributed by atoms with Crippen molar-refractivity contribution in [2.75, 3.05) is 7.11 Å². The first-order chi connectivity index (χ1) is 11.0. The van der Waals surface area contributed by atoms with Crippen LogP contribution in [0.5, 0.6) is 0 Å². The topological polar surface area (TPSA) is 91.9 Å². The second-order valence-electron chi connectivity index (χ2n) is 4.81. The number of esters is 1. The van der Waals surface area contributed by atoms with Crippen LogP contribution in [0, 0.1) is 0 Å². The Morgan fingerprint density at radius 1 is 1.39 bits per heavy atom. The second kappa shape index (κ2) is 5.81. The monoisotopic (exact) mass is 333 g/mol. The van der Waals surface area contributed by atoms with E-state index < -0.39 is 17.6 Å². The van der Waals surface area contributed by atoms with Crippen molar-refractivity contribution >= 4 is 28.7 Å². The van der Waals surface area contributed by atoms with Crippen LogP contribution in [0.15, 0.2) is 35.4 Å². The number of carbonyl (C=O) groups is 1. The van der Waals surface area contributed by atoms with E-state index in [4.69, 9.17) is 11.6 Å². The van der Waals surface area contributed by atoms with Gasteiger partial charge in [-0.3, -0.25) is 9.36 Å². The van der Waals surface area contributed by atoms with Crippen LogP contribution in [0.1, 0.15) is 13.0 Å². The number of rotatable bonds is 3. The van der Waals surface area contributed by atoms with Gasteiger partial charge in [0.05, 0.1) is 12.8 Å². The SMILES string of the molecule is COC(=O)[C@@H](C)n1cnc2c(nnn2-c2cccc(Cl)c2)c1=O. The van der Waals surface area contributed by atoms with Crippen LogP contribution in [0.4, 0.5) is 0 Å². The van der Waals surface area contributed by atoms with E-state index in [9.17, 15) is 9.59 Å². The lowest BCUT2D eigenvalue weighted by molar-refractivity contribution is -0.144. The number of hydrogen-bond donors (Lipinski definition) is 0. The van der Waals surface area contributed by atoms with E-state index >= 15 is 0 Å². The Labute approximate surface area is 135 Å². The van der Waals surface area contributed by atoms with Crippen LogP contribution >= 0.6 is 11.6 Å². The maximum atomic E-state index is 12.5. The minimum absolute atomic E-state index is 0.0585. The van der Waals surface area contributed by atoms with Gasteiger partial charge in [0.25, 0.3) is 5.56 Å². The standard InChI is InChI=1S/C14H12ClN5O3/c1-8(14(22)23-2)19-7-16-12-11(13(19)21)17-18-20(12)10-5-3-4-9(15)6-10/h3-8H,1-2H3/t8-/m1/s1. The van der Waals surface area contributed by atoms with Gasteiger partial charge >= 0.3 is 5.97 Å². The number of methoxy groups -OCH3 is 1. The van der Waals surface area contributed by atoms with Crippen LogP contribution in [-0.2, 0) is 9.53 Å². The fraction of sp³-hybridized carbons (Fsp3) is 0.214. The number of nitrogens with zero attached hydrogens (tertiary/aromatic N) is 5. The van der Waals surface area contributed by atoms with E-state index in [2.05, 4.69) is 20.0 Å². The Hall–Kier alpha value is -2.74. The van der Waals surface area contributed by atoms with Crippen molar-refractivity contribution in [1.82, 2.24) is 24.5 Å². The molecule has 9 heteroatoms. The van der Waals surface area contributed by atoms with E-state index in [1.807, 2.05) is 0 Å². The lowest BCUT2D eigenvalue weighted by Crippen LogP contribution is -2.29. The normalized spacial score (nSPS) is 12.3. The quantitative estimate of drug-likeness (QED) is 0.672. The summed E-state index contributed by atoms with van der Waals surface area (Å²) >= 11 is 5.96. The number of benzene rings is 1. The van der Waals surface area contributed by atoms with Gasteiger partial charge < -0.3 is 4.74 Å². The molecule has 23 heavy (non-hydrogen) atoms. The van der Waals surface area contributed by atoms with Crippen molar-refractivity contribution < 1.29 is 9.53 Å². The highest BCUT2D eigenvalue weighted by Gasteiger charge is 2.20. The van der Waals surface area contributed by atoms with Gasteiger partial charge in [-0.05, 0) is 25.1 Å². The van der Waals surface area contributed by atoms with Gasteiger partial charge in [-0.1, -0.05) is 22.9 Å². The van der Waals surface area contributed by atoms with Crippen molar-refractivity contribution in [3.05, 3.63) is 46.0 Å². The maximum absolute atomic E-state index is 12.5. The highest BCUT2D eigenvalue weighted by atomic mass is 35.5. The maximum Gasteiger partial charge on any atom is 0.328 e. The molecule has 0 aliphatic heterocycles. The Kier molecular flexibility index (Phi) is 3.83. The molecule has 0 saturated heterocycles. The molecule has 3 aromatic rings. The molecular weight excluding hydrogens is 322 g/mol. The van der Waals surface area contributed by atoms with Gasteiger partial charge in [0, 0.05) is 5.02 Å². The zero-order chi connectivity index (χ0) is 16.6. The summed E-state index contributed by atoms with van der Waals surface area (Å²) in [5, 5.41) is 8.35. The van der Waals surface area contributed by atoms with Crippen molar-refractivity contribution in [2.45, 2.75) is 13.0 Å². The third-order valence-electron chi connectivity index (χ3n) is 3.40. The Morgan fingerprint density at radius 3 is 2.87 bits per heavy atom. The molecular formula is C14H12ClN5O3. The number of halogens is 1. The summed E-state index contributed by atoms with van der Waals surface area (Å²) in [6, 6.07) is 6.12. The Morgan fingerprint density at radius 2 is 2.17 bits per heavy atom. The van der Waals surface area contributed by atoms with E-state index in [-0.39, 0.29) is 11.2 Å². The molecule has 1 aromatic carbocycles. The van der Waals surface area contributed by atoms with Crippen molar-refractivity contribution in [3.63, 3.8) is 0 Å².